The molecule has 2 atom stereocenters. The summed E-state index contributed by atoms with van der Waals surface area (Å²) in [6.45, 7) is 0.501. The average Bonchev–Trinajstić information content (AvgIpc) is 2.38. The number of amides is 1. The van der Waals surface area contributed by atoms with Gasteiger partial charge in [-0.2, -0.15) is 0 Å². The van der Waals surface area contributed by atoms with Crippen LogP contribution in [-0.4, -0.2) is 35.9 Å². The van der Waals surface area contributed by atoms with E-state index in [1.807, 2.05) is 12.1 Å². The average molecular weight is 270 g/mol. The SMILES string of the molecule is COC1CCN(C(=O)O)C(c2ccc(Cl)cc2)C1. The maximum atomic E-state index is 11.3. The fraction of sp³-hybridized carbons (Fsp3) is 0.462. The molecule has 1 aromatic carbocycles. The second-order valence-corrected chi connectivity index (χ2v) is 4.86. The quantitative estimate of drug-likeness (QED) is 0.897. The highest BCUT2D eigenvalue weighted by Crippen LogP contribution is 2.32. The Bertz CT molecular complexity index is 421. The molecule has 0 spiro atoms. The first-order valence-electron chi connectivity index (χ1n) is 5.89. The van der Waals surface area contributed by atoms with Gasteiger partial charge in [-0.15, -0.1) is 0 Å². The number of halogens is 1. The Labute approximate surface area is 111 Å². The van der Waals surface area contributed by atoms with Crippen molar-refractivity contribution >= 4 is 17.7 Å². The van der Waals surface area contributed by atoms with Crippen LogP contribution in [0.15, 0.2) is 24.3 Å². The third kappa shape index (κ3) is 2.76. The minimum Gasteiger partial charge on any atom is -0.465 e. The standard InChI is InChI=1S/C13H16ClNO3/c1-18-11-6-7-15(13(16)17)12(8-11)9-2-4-10(14)5-3-9/h2-5,11-12H,6-8H2,1H3,(H,16,17). The van der Waals surface area contributed by atoms with Gasteiger partial charge in [0.1, 0.15) is 0 Å². The second kappa shape index (κ2) is 5.59. The lowest BCUT2D eigenvalue weighted by Gasteiger charge is -2.37. The van der Waals surface area contributed by atoms with Gasteiger partial charge < -0.3 is 14.7 Å². The molecule has 5 heteroatoms. The van der Waals surface area contributed by atoms with E-state index in [1.54, 1.807) is 19.2 Å². The summed E-state index contributed by atoms with van der Waals surface area (Å²) in [5.41, 5.74) is 0.962. The number of hydrogen-bond acceptors (Lipinski definition) is 2. The molecule has 98 valence electrons. The predicted molar refractivity (Wildman–Crippen MR) is 69.0 cm³/mol. The fourth-order valence-corrected chi connectivity index (χ4v) is 2.50. The van der Waals surface area contributed by atoms with Crippen LogP contribution in [0.2, 0.25) is 5.02 Å². The Hall–Kier alpha value is -1.26. The zero-order chi connectivity index (χ0) is 13.1. The molecule has 0 bridgehead atoms. The fourth-order valence-electron chi connectivity index (χ4n) is 2.38. The molecule has 0 saturated carbocycles. The Balaban J connectivity index is 2.24. The van der Waals surface area contributed by atoms with E-state index in [-0.39, 0.29) is 12.1 Å². The first-order chi connectivity index (χ1) is 8.61. The molecular weight excluding hydrogens is 254 g/mol. The van der Waals surface area contributed by atoms with Crippen molar-refractivity contribution < 1.29 is 14.6 Å². The number of rotatable bonds is 2. The van der Waals surface area contributed by atoms with E-state index in [4.69, 9.17) is 16.3 Å². The van der Waals surface area contributed by atoms with Crippen LogP contribution in [0, 0.1) is 0 Å². The Morgan fingerprint density at radius 2 is 2.11 bits per heavy atom. The second-order valence-electron chi connectivity index (χ2n) is 4.43. The molecule has 1 aliphatic rings. The zero-order valence-corrected chi connectivity index (χ0v) is 10.9. The summed E-state index contributed by atoms with van der Waals surface area (Å²) in [7, 11) is 1.67. The summed E-state index contributed by atoms with van der Waals surface area (Å²) in [6.07, 6.45) is 0.655. The molecule has 1 aliphatic heterocycles. The zero-order valence-electron chi connectivity index (χ0n) is 10.2. The predicted octanol–water partition coefficient (Wildman–Crippen LogP) is 3.17. The molecule has 4 nitrogen and oxygen atoms in total. The molecule has 0 aliphatic carbocycles. The summed E-state index contributed by atoms with van der Waals surface area (Å²) in [5.74, 6) is 0. The summed E-state index contributed by atoms with van der Waals surface area (Å²) in [4.78, 5) is 12.7. The normalized spacial score (nSPS) is 24.0. The van der Waals surface area contributed by atoms with Gasteiger partial charge in [-0.3, -0.25) is 0 Å². The maximum Gasteiger partial charge on any atom is 0.407 e. The smallest absolute Gasteiger partial charge is 0.407 e. The number of hydrogen-bond donors (Lipinski definition) is 1. The van der Waals surface area contributed by atoms with Gasteiger partial charge in [-0.1, -0.05) is 23.7 Å². The molecule has 1 amide bonds. The number of carbonyl (C=O) groups is 1. The van der Waals surface area contributed by atoms with Gasteiger partial charge in [0.15, 0.2) is 0 Å². The number of nitrogens with zero attached hydrogens (tertiary/aromatic N) is 1. The van der Waals surface area contributed by atoms with Crippen molar-refractivity contribution in [1.29, 1.82) is 0 Å². The van der Waals surface area contributed by atoms with Gasteiger partial charge in [-0.05, 0) is 30.5 Å². The molecule has 1 heterocycles. The van der Waals surface area contributed by atoms with Gasteiger partial charge in [0, 0.05) is 18.7 Å². The lowest BCUT2D eigenvalue weighted by atomic mass is 9.93. The van der Waals surface area contributed by atoms with Crippen molar-refractivity contribution in [3.8, 4) is 0 Å². The monoisotopic (exact) mass is 269 g/mol. The van der Waals surface area contributed by atoms with E-state index in [9.17, 15) is 9.90 Å². The third-order valence-corrected chi connectivity index (χ3v) is 3.64. The van der Waals surface area contributed by atoms with Crippen molar-refractivity contribution in [2.24, 2.45) is 0 Å². The Morgan fingerprint density at radius 3 is 2.67 bits per heavy atom. The van der Waals surface area contributed by atoms with Gasteiger partial charge in [0.2, 0.25) is 0 Å². The van der Waals surface area contributed by atoms with E-state index >= 15 is 0 Å². The van der Waals surface area contributed by atoms with Crippen LogP contribution in [0.3, 0.4) is 0 Å². The van der Waals surface area contributed by atoms with Crippen LogP contribution in [0.1, 0.15) is 24.4 Å². The van der Waals surface area contributed by atoms with E-state index in [2.05, 4.69) is 0 Å². The largest absolute Gasteiger partial charge is 0.465 e. The summed E-state index contributed by atoms with van der Waals surface area (Å²) >= 11 is 5.85. The number of methoxy groups -OCH3 is 1. The molecule has 1 aromatic rings. The summed E-state index contributed by atoms with van der Waals surface area (Å²) < 4.78 is 5.35. The molecule has 18 heavy (non-hydrogen) atoms. The third-order valence-electron chi connectivity index (χ3n) is 3.39. The highest BCUT2D eigenvalue weighted by Gasteiger charge is 2.32. The lowest BCUT2D eigenvalue weighted by molar-refractivity contribution is 0.0146. The molecular formula is C13H16ClNO3. The first-order valence-corrected chi connectivity index (χ1v) is 6.27. The molecule has 0 radical (unpaired) electrons. The van der Waals surface area contributed by atoms with Crippen LogP contribution < -0.4 is 0 Å². The number of ether oxygens (including phenoxy) is 1. The number of benzene rings is 1. The highest BCUT2D eigenvalue weighted by atomic mass is 35.5. The Morgan fingerprint density at radius 1 is 1.44 bits per heavy atom. The minimum absolute atomic E-state index is 0.112. The number of carboxylic acid groups (broad SMARTS) is 1. The van der Waals surface area contributed by atoms with Crippen LogP contribution in [0.5, 0.6) is 0 Å². The van der Waals surface area contributed by atoms with Gasteiger partial charge >= 0.3 is 6.09 Å². The molecule has 2 rings (SSSR count). The van der Waals surface area contributed by atoms with Crippen LogP contribution in [0.4, 0.5) is 4.79 Å². The molecule has 1 saturated heterocycles. The van der Waals surface area contributed by atoms with E-state index in [0.717, 1.165) is 12.0 Å². The molecule has 0 aromatic heterocycles. The van der Waals surface area contributed by atoms with Gasteiger partial charge in [-0.25, -0.2) is 4.79 Å². The van der Waals surface area contributed by atoms with Crippen molar-refractivity contribution in [2.75, 3.05) is 13.7 Å². The van der Waals surface area contributed by atoms with Gasteiger partial charge in [0.05, 0.1) is 12.1 Å². The first kappa shape index (κ1) is 13.2. The van der Waals surface area contributed by atoms with Crippen molar-refractivity contribution in [2.45, 2.75) is 25.0 Å². The molecule has 1 fully saturated rings. The molecule has 2 unspecified atom stereocenters. The van der Waals surface area contributed by atoms with Crippen molar-refractivity contribution in [1.82, 2.24) is 4.90 Å². The van der Waals surface area contributed by atoms with E-state index < -0.39 is 6.09 Å². The van der Waals surface area contributed by atoms with Crippen molar-refractivity contribution in [3.05, 3.63) is 34.9 Å². The Kier molecular flexibility index (Phi) is 4.09. The highest BCUT2D eigenvalue weighted by molar-refractivity contribution is 6.30. The summed E-state index contributed by atoms with van der Waals surface area (Å²) in [6, 6.07) is 7.17. The lowest BCUT2D eigenvalue weighted by Crippen LogP contribution is -2.42. The van der Waals surface area contributed by atoms with E-state index in [0.29, 0.717) is 18.0 Å². The topological polar surface area (TPSA) is 49.8 Å². The van der Waals surface area contributed by atoms with Crippen LogP contribution in [0.25, 0.3) is 0 Å². The van der Waals surface area contributed by atoms with Crippen LogP contribution in [-0.2, 0) is 4.74 Å². The van der Waals surface area contributed by atoms with Crippen molar-refractivity contribution in [3.63, 3.8) is 0 Å². The van der Waals surface area contributed by atoms with Gasteiger partial charge in [0.25, 0.3) is 0 Å². The maximum absolute atomic E-state index is 11.3. The van der Waals surface area contributed by atoms with E-state index in [1.165, 1.54) is 4.90 Å². The van der Waals surface area contributed by atoms with Crippen LogP contribution >= 0.6 is 11.6 Å². The number of piperidine rings is 1. The molecule has 1 N–H and O–H groups in total. The minimum atomic E-state index is -0.885. The number of likely N-dealkylation sites (tertiary alicyclic amines) is 1. The summed E-state index contributed by atoms with van der Waals surface area (Å²) in [5, 5.41) is 9.90.